The molecule has 0 fully saturated rings. The van der Waals surface area contributed by atoms with Crippen molar-refractivity contribution in [3.8, 4) is 5.75 Å². The van der Waals surface area contributed by atoms with Crippen molar-refractivity contribution in [2.24, 2.45) is 0 Å². The molecule has 0 atom stereocenters. The summed E-state index contributed by atoms with van der Waals surface area (Å²) in [5.41, 5.74) is 2.24. The van der Waals surface area contributed by atoms with E-state index in [0.717, 1.165) is 5.56 Å². The van der Waals surface area contributed by atoms with E-state index in [1.165, 1.54) is 24.3 Å². The lowest BCUT2D eigenvalue weighted by Gasteiger charge is -2.09. The van der Waals surface area contributed by atoms with Crippen LogP contribution in [-0.2, 0) is 27.4 Å². The smallest absolute Gasteiger partial charge is 0.310 e. The topological polar surface area (TPSA) is 64.6 Å². The van der Waals surface area contributed by atoms with E-state index in [9.17, 15) is 14.0 Å². The summed E-state index contributed by atoms with van der Waals surface area (Å²) < 4.78 is 23.5. The number of hydrogen-bond donors (Lipinski definition) is 1. The first-order valence-corrected chi connectivity index (χ1v) is 9.05. The Kier molecular flexibility index (Phi) is 6.95. The summed E-state index contributed by atoms with van der Waals surface area (Å²) in [7, 11) is 0. The molecule has 5 nitrogen and oxygen atoms in total. The lowest BCUT2D eigenvalue weighted by molar-refractivity contribution is -0.146. The van der Waals surface area contributed by atoms with Gasteiger partial charge in [0.25, 0.3) is 5.91 Å². The van der Waals surface area contributed by atoms with Gasteiger partial charge in [-0.3, -0.25) is 9.59 Å². The summed E-state index contributed by atoms with van der Waals surface area (Å²) in [6.07, 6.45) is -0.0268. The molecule has 6 heteroatoms. The number of ether oxygens (including phenoxy) is 2. The summed E-state index contributed by atoms with van der Waals surface area (Å²) in [5, 5.41) is 2.65. The van der Waals surface area contributed by atoms with Crippen molar-refractivity contribution < 1.29 is 23.5 Å². The SMILES string of the molecule is O=C(COC(=O)Cc1ccc(F)cc1)Nc1ccc(OCc2ccccc2)cc1. The molecule has 0 heterocycles. The second kappa shape index (κ2) is 10.0. The lowest BCUT2D eigenvalue weighted by Crippen LogP contribution is -2.21. The summed E-state index contributed by atoms with van der Waals surface area (Å²) in [6.45, 7) is 0.0584. The number of esters is 1. The van der Waals surface area contributed by atoms with Gasteiger partial charge >= 0.3 is 5.97 Å². The maximum Gasteiger partial charge on any atom is 0.310 e. The Morgan fingerprint density at radius 1 is 0.828 bits per heavy atom. The zero-order chi connectivity index (χ0) is 20.5. The Labute approximate surface area is 168 Å². The minimum absolute atomic E-state index is 0.0268. The Hall–Kier alpha value is -3.67. The van der Waals surface area contributed by atoms with Crippen LogP contribution in [0.4, 0.5) is 10.1 Å². The number of carbonyl (C=O) groups excluding carboxylic acids is 2. The first-order valence-electron chi connectivity index (χ1n) is 9.05. The van der Waals surface area contributed by atoms with Crippen LogP contribution in [0.1, 0.15) is 11.1 Å². The van der Waals surface area contributed by atoms with Crippen molar-refractivity contribution in [3.05, 3.63) is 95.8 Å². The number of rotatable bonds is 8. The molecule has 0 unspecified atom stereocenters. The average molecular weight is 393 g/mol. The number of benzene rings is 3. The third-order valence-corrected chi connectivity index (χ3v) is 4.01. The predicted molar refractivity (Wildman–Crippen MR) is 107 cm³/mol. The van der Waals surface area contributed by atoms with Crippen molar-refractivity contribution in [3.63, 3.8) is 0 Å². The third-order valence-electron chi connectivity index (χ3n) is 4.01. The molecule has 0 aliphatic heterocycles. The van der Waals surface area contributed by atoms with Gasteiger partial charge in [0.2, 0.25) is 0 Å². The number of amides is 1. The second-order valence-corrected chi connectivity index (χ2v) is 6.31. The lowest BCUT2D eigenvalue weighted by atomic mass is 10.1. The zero-order valence-electron chi connectivity index (χ0n) is 15.6. The quantitative estimate of drug-likeness (QED) is 0.585. The van der Waals surface area contributed by atoms with Crippen molar-refractivity contribution in [1.82, 2.24) is 0 Å². The van der Waals surface area contributed by atoms with Gasteiger partial charge in [0.15, 0.2) is 6.61 Å². The minimum Gasteiger partial charge on any atom is -0.489 e. The van der Waals surface area contributed by atoms with E-state index in [-0.39, 0.29) is 12.2 Å². The number of anilines is 1. The van der Waals surface area contributed by atoms with E-state index in [0.29, 0.717) is 23.6 Å². The van der Waals surface area contributed by atoms with Crippen LogP contribution in [-0.4, -0.2) is 18.5 Å². The van der Waals surface area contributed by atoms with Crippen LogP contribution < -0.4 is 10.1 Å². The first-order chi connectivity index (χ1) is 14.1. The largest absolute Gasteiger partial charge is 0.489 e. The van der Waals surface area contributed by atoms with Crippen molar-refractivity contribution in [2.45, 2.75) is 13.0 Å². The maximum atomic E-state index is 12.9. The summed E-state index contributed by atoms with van der Waals surface area (Å²) in [6, 6.07) is 22.2. The molecule has 3 aromatic carbocycles. The van der Waals surface area contributed by atoms with E-state index in [2.05, 4.69) is 5.32 Å². The van der Waals surface area contributed by atoms with Crippen molar-refractivity contribution >= 4 is 17.6 Å². The van der Waals surface area contributed by atoms with E-state index >= 15 is 0 Å². The maximum absolute atomic E-state index is 12.9. The molecule has 0 radical (unpaired) electrons. The fraction of sp³-hybridized carbons (Fsp3) is 0.130. The van der Waals surface area contributed by atoms with Crippen LogP contribution in [0.5, 0.6) is 5.75 Å². The van der Waals surface area contributed by atoms with Gasteiger partial charge in [-0.2, -0.15) is 0 Å². The van der Waals surface area contributed by atoms with Crippen LogP contribution >= 0.6 is 0 Å². The van der Waals surface area contributed by atoms with E-state index in [1.54, 1.807) is 24.3 Å². The fourth-order valence-corrected chi connectivity index (χ4v) is 2.54. The number of hydrogen-bond acceptors (Lipinski definition) is 4. The number of carbonyl (C=O) groups is 2. The molecular formula is C23H20FNO4. The van der Waals surface area contributed by atoms with Crippen LogP contribution in [0.25, 0.3) is 0 Å². The van der Waals surface area contributed by atoms with Gasteiger partial charge in [-0.05, 0) is 47.5 Å². The average Bonchev–Trinajstić information content (AvgIpc) is 2.74. The van der Waals surface area contributed by atoms with Gasteiger partial charge in [0.1, 0.15) is 18.2 Å². The van der Waals surface area contributed by atoms with Crippen molar-refractivity contribution in [1.29, 1.82) is 0 Å². The normalized spacial score (nSPS) is 10.2. The monoisotopic (exact) mass is 393 g/mol. The molecule has 0 aromatic heterocycles. The molecule has 0 aliphatic rings. The highest BCUT2D eigenvalue weighted by molar-refractivity contribution is 5.92. The summed E-state index contributed by atoms with van der Waals surface area (Å²) in [5.74, 6) is -0.706. The molecule has 0 spiro atoms. The third kappa shape index (κ3) is 6.77. The standard InChI is InChI=1S/C23H20FNO4/c24-19-8-6-17(7-9-19)14-23(27)29-16-22(26)25-20-10-12-21(13-11-20)28-15-18-4-2-1-3-5-18/h1-13H,14-16H2,(H,25,26). The Morgan fingerprint density at radius 2 is 1.52 bits per heavy atom. The van der Waals surface area contributed by atoms with E-state index < -0.39 is 18.5 Å². The van der Waals surface area contributed by atoms with Crippen LogP contribution in [0.15, 0.2) is 78.9 Å². The molecule has 3 aromatic rings. The Balaban J connectivity index is 1.40. The second-order valence-electron chi connectivity index (χ2n) is 6.31. The van der Waals surface area contributed by atoms with Crippen molar-refractivity contribution in [2.75, 3.05) is 11.9 Å². The highest BCUT2D eigenvalue weighted by Crippen LogP contribution is 2.17. The van der Waals surface area contributed by atoms with E-state index in [1.807, 2.05) is 30.3 Å². The number of nitrogens with one attached hydrogen (secondary N) is 1. The number of halogens is 1. The van der Waals surface area contributed by atoms with Crippen LogP contribution in [0, 0.1) is 5.82 Å². The molecule has 29 heavy (non-hydrogen) atoms. The molecule has 148 valence electrons. The fourth-order valence-electron chi connectivity index (χ4n) is 2.54. The van der Waals surface area contributed by atoms with Gasteiger partial charge in [0.05, 0.1) is 6.42 Å². The van der Waals surface area contributed by atoms with Gasteiger partial charge in [-0.1, -0.05) is 42.5 Å². The highest BCUT2D eigenvalue weighted by atomic mass is 19.1. The molecule has 0 bridgehead atoms. The van der Waals surface area contributed by atoms with Crippen LogP contribution in [0.2, 0.25) is 0 Å². The predicted octanol–water partition coefficient (Wildman–Crippen LogP) is 4.13. The molecule has 3 rings (SSSR count). The van der Waals surface area contributed by atoms with Crippen LogP contribution in [0.3, 0.4) is 0 Å². The van der Waals surface area contributed by atoms with Gasteiger partial charge in [-0.25, -0.2) is 4.39 Å². The van der Waals surface area contributed by atoms with E-state index in [4.69, 9.17) is 9.47 Å². The van der Waals surface area contributed by atoms with Gasteiger partial charge in [-0.15, -0.1) is 0 Å². The zero-order valence-corrected chi connectivity index (χ0v) is 15.6. The van der Waals surface area contributed by atoms with Gasteiger partial charge in [0, 0.05) is 5.69 Å². The van der Waals surface area contributed by atoms with Gasteiger partial charge < -0.3 is 14.8 Å². The molecule has 1 N–H and O–H groups in total. The molecule has 0 aliphatic carbocycles. The summed E-state index contributed by atoms with van der Waals surface area (Å²) in [4.78, 5) is 23.7. The minimum atomic E-state index is -0.559. The molecule has 0 saturated heterocycles. The Bertz CT molecular complexity index is 941. The summed E-state index contributed by atoms with van der Waals surface area (Å²) >= 11 is 0. The molecule has 0 saturated carbocycles. The molecule has 1 amide bonds. The first kappa shape index (κ1) is 20.1. The molecular weight excluding hydrogens is 373 g/mol. The highest BCUT2D eigenvalue weighted by Gasteiger charge is 2.09. The Morgan fingerprint density at radius 3 is 2.21 bits per heavy atom.